The zero-order chi connectivity index (χ0) is 19.0. The highest BCUT2D eigenvalue weighted by Gasteiger charge is 2.29. The molecule has 5 heteroatoms. The van der Waals surface area contributed by atoms with Gasteiger partial charge in [0.05, 0.1) is 11.6 Å². The summed E-state index contributed by atoms with van der Waals surface area (Å²) in [5, 5.41) is 3.02. The number of carbonyl (C=O) groups excluding carboxylic acids is 2. The maximum Gasteiger partial charge on any atom is 0.340 e. The topological polar surface area (TPSA) is 60.3 Å². The summed E-state index contributed by atoms with van der Waals surface area (Å²) < 4.78 is 7.51. The van der Waals surface area contributed by atoms with Crippen LogP contribution in [-0.2, 0) is 16.0 Å². The number of aromatic nitrogens is 1. The first-order valence-corrected chi connectivity index (χ1v) is 9.77. The van der Waals surface area contributed by atoms with Crippen LogP contribution in [0.25, 0.3) is 0 Å². The number of hydrogen-bond donors (Lipinski definition) is 1. The van der Waals surface area contributed by atoms with Crippen LogP contribution < -0.4 is 5.32 Å². The molecule has 0 radical (unpaired) electrons. The molecule has 2 aliphatic rings. The largest absolute Gasteiger partial charge is 0.452 e. The van der Waals surface area contributed by atoms with E-state index in [4.69, 9.17) is 4.74 Å². The highest BCUT2D eigenvalue weighted by atomic mass is 16.5. The number of nitrogens with zero attached hydrogens (tertiary/aromatic N) is 1. The summed E-state index contributed by atoms with van der Waals surface area (Å²) in [6.07, 6.45) is 5.34. The summed E-state index contributed by atoms with van der Waals surface area (Å²) in [5.74, 6) is -0.671. The molecular formula is C22H26N2O3. The van der Waals surface area contributed by atoms with Crippen molar-refractivity contribution in [2.24, 2.45) is 0 Å². The van der Waals surface area contributed by atoms with Crippen molar-refractivity contribution in [2.45, 2.75) is 58.0 Å². The first kappa shape index (κ1) is 17.8. The van der Waals surface area contributed by atoms with Crippen molar-refractivity contribution in [3.05, 3.63) is 58.4 Å². The van der Waals surface area contributed by atoms with Gasteiger partial charge in [0.25, 0.3) is 5.91 Å². The SMILES string of the molecule is Cc1cc(C(=O)OCC(=O)NC2CCCc3ccccc32)c(C)n1C1CC1. The zero-order valence-corrected chi connectivity index (χ0v) is 16.0. The quantitative estimate of drug-likeness (QED) is 0.819. The fraction of sp³-hybridized carbons (Fsp3) is 0.455. The molecule has 0 bridgehead atoms. The monoisotopic (exact) mass is 366 g/mol. The highest BCUT2D eigenvalue weighted by Crippen LogP contribution is 2.38. The van der Waals surface area contributed by atoms with Crippen LogP contribution >= 0.6 is 0 Å². The number of carbonyl (C=O) groups is 2. The number of rotatable bonds is 5. The predicted octanol–water partition coefficient (Wildman–Crippen LogP) is 3.79. The van der Waals surface area contributed by atoms with Gasteiger partial charge in [0.1, 0.15) is 0 Å². The Labute approximate surface area is 159 Å². The van der Waals surface area contributed by atoms with Crippen molar-refractivity contribution in [1.82, 2.24) is 9.88 Å². The molecule has 0 saturated heterocycles. The molecule has 1 saturated carbocycles. The Morgan fingerprint density at radius 1 is 1.19 bits per heavy atom. The van der Waals surface area contributed by atoms with Gasteiger partial charge in [-0.05, 0) is 63.1 Å². The van der Waals surface area contributed by atoms with Crippen molar-refractivity contribution in [3.63, 3.8) is 0 Å². The van der Waals surface area contributed by atoms with Crippen molar-refractivity contribution in [1.29, 1.82) is 0 Å². The van der Waals surface area contributed by atoms with Gasteiger partial charge < -0.3 is 14.6 Å². The maximum absolute atomic E-state index is 12.5. The lowest BCUT2D eigenvalue weighted by Crippen LogP contribution is -2.34. The summed E-state index contributed by atoms with van der Waals surface area (Å²) in [5.41, 5.74) is 5.04. The minimum Gasteiger partial charge on any atom is -0.452 e. The van der Waals surface area contributed by atoms with E-state index in [-0.39, 0.29) is 18.6 Å². The fourth-order valence-electron chi connectivity index (χ4n) is 4.23. The molecule has 0 spiro atoms. The second kappa shape index (κ2) is 7.22. The molecule has 1 aromatic carbocycles. The molecule has 1 N–H and O–H groups in total. The Bertz CT molecular complexity index is 880. The molecule has 1 amide bonds. The van der Waals surface area contributed by atoms with Gasteiger partial charge in [-0.25, -0.2) is 4.79 Å². The molecule has 1 unspecified atom stereocenters. The van der Waals surface area contributed by atoms with Crippen molar-refractivity contribution in [2.75, 3.05) is 6.61 Å². The Balaban J connectivity index is 1.36. The van der Waals surface area contributed by atoms with E-state index >= 15 is 0 Å². The van der Waals surface area contributed by atoms with Crippen LogP contribution in [0.1, 0.15) is 70.6 Å². The van der Waals surface area contributed by atoms with Gasteiger partial charge in [-0.1, -0.05) is 24.3 Å². The third kappa shape index (κ3) is 3.64. The number of benzene rings is 1. The van der Waals surface area contributed by atoms with E-state index < -0.39 is 5.97 Å². The molecule has 5 nitrogen and oxygen atoms in total. The molecule has 1 aromatic heterocycles. The van der Waals surface area contributed by atoms with E-state index in [1.54, 1.807) is 0 Å². The Morgan fingerprint density at radius 2 is 1.96 bits per heavy atom. The molecule has 0 aliphatic heterocycles. The summed E-state index contributed by atoms with van der Waals surface area (Å²) in [4.78, 5) is 24.8. The Morgan fingerprint density at radius 3 is 2.74 bits per heavy atom. The summed E-state index contributed by atoms with van der Waals surface area (Å²) >= 11 is 0. The van der Waals surface area contributed by atoms with Crippen LogP contribution in [0.5, 0.6) is 0 Å². The van der Waals surface area contributed by atoms with E-state index in [1.807, 2.05) is 32.0 Å². The van der Waals surface area contributed by atoms with Crippen LogP contribution in [-0.4, -0.2) is 23.1 Å². The summed E-state index contributed by atoms with van der Waals surface area (Å²) in [7, 11) is 0. The molecular weight excluding hydrogens is 340 g/mol. The number of amides is 1. The van der Waals surface area contributed by atoms with E-state index in [9.17, 15) is 9.59 Å². The van der Waals surface area contributed by atoms with Gasteiger partial charge in [0.15, 0.2) is 6.61 Å². The van der Waals surface area contributed by atoms with E-state index in [2.05, 4.69) is 22.0 Å². The van der Waals surface area contributed by atoms with Gasteiger partial charge >= 0.3 is 5.97 Å². The lowest BCUT2D eigenvalue weighted by molar-refractivity contribution is -0.125. The number of fused-ring (bicyclic) bond motifs is 1. The number of aryl methyl sites for hydroxylation is 2. The summed E-state index contributed by atoms with van der Waals surface area (Å²) in [6, 6.07) is 10.6. The Kier molecular flexibility index (Phi) is 4.77. The van der Waals surface area contributed by atoms with Gasteiger partial charge in [-0.3, -0.25) is 4.79 Å². The van der Waals surface area contributed by atoms with Crippen LogP contribution in [0.4, 0.5) is 0 Å². The summed E-state index contributed by atoms with van der Waals surface area (Å²) in [6.45, 7) is 3.71. The van der Waals surface area contributed by atoms with Gasteiger partial charge in [-0.2, -0.15) is 0 Å². The predicted molar refractivity (Wildman–Crippen MR) is 103 cm³/mol. The van der Waals surface area contributed by atoms with E-state index in [0.29, 0.717) is 11.6 Å². The lowest BCUT2D eigenvalue weighted by atomic mass is 9.88. The number of nitrogens with one attached hydrogen (secondary N) is 1. The number of esters is 1. The average Bonchev–Trinajstić information content (AvgIpc) is 3.45. The third-order valence-corrected chi connectivity index (χ3v) is 5.66. The first-order chi connectivity index (χ1) is 13.0. The van der Waals surface area contributed by atoms with Gasteiger partial charge in [0.2, 0.25) is 0 Å². The van der Waals surface area contributed by atoms with Crippen molar-refractivity contribution >= 4 is 11.9 Å². The average molecular weight is 366 g/mol. The molecule has 1 heterocycles. The lowest BCUT2D eigenvalue weighted by Gasteiger charge is -2.26. The van der Waals surface area contributed by atoms with Crippen LogP contribution in [0.3, 0.4) is 0 Å². The van der Waals surface area contributed by atoms with E-state index in [0.717, 1.165) is 43.5 Å². The van der Waals surface area contributed by atoms with Crippen LogP contribution in [0, 0.1) is 13.8 Å². The molecule has 27 heavy (non-hydrogen) atoms. The molecule has 142 valence electrons. The van der Waals surface area contributed by atoms with Crippen molar-refractivity contribution in [3.8, 4) is 0 Å². The minimum absolute atomic E-state index is 0.00100. The molecule has 4 rings (SSSR count). The Hall–Kier alpha value is -2.56. The van der Waals surface area contributed by atoms with Gasteiger partial charge in [0, 0.05) is 17.4 Å². The van der Waals surface area contributed by atoms with E-state index in [1.165, 1.54) is 11.1 Å². The first-order valence-electron chi connectivity index (χ1n) is 9.77. The second-order valence-electron chi connectivity index (χ2n) is 7.67. The fourth-order valence-corrected chi connectivity index (χ4v) is 4.23. The van der Waals surface area contributed by atoms with Gasteiger partial charge in [-0.15, -0.1) is 0 Å². The van der Waals surface area contributed by atoms with Crippen molar-refractivity contribution < 1.29 is 14.3 Å². The molecule has 1 atom stereocenters. The number of hydrogen-bond acceptors (Lipinski definition) is 3. The zero-order valence-electron chi connectivity index (χ0n) is 16.0. The second-order valence-corrected chi connectivity index (χ2v) is 7.67. The normalized spacial score (nSPS) is 18.7. The number of ether oxygens (including phenoxy) is 1. The van der Waals surface area contributed by atoms with Crippen LogP contribution in [0.15, 0.2) is 30.3 Å². The third-order valence-electron chi connectivity index (χ3n) is 5.66. The molecule has 2 aliphatic carbocycles. The van der Waals surface area contributed by atoms with Crippen LogP contribution in [0.2, 0.25) is 0 Å². The standard InChI is InChI=1S/C22H26N2O3/c1-14-12-19(15(2)24(14)17-10-11-17)22(26)27-13-21(25)23-20-9-5-7-16-6-3-4-8-18(16)20/h3-4,6,8,12,17,20H,5,7,9-11,13H2,1-2H3,(H,23,25). The minimum atomic E-state index is -0.422. The maximum atomic E-state index is 12.5. The highest BCUT2D eigenvalue weighted by molar-refractivity contribution is 5.92. The smallest absolute Gasteiger partial charge is 0.340 e. The molecule has 2 aromatic rings. The molecule has 1 fully saturated rings.